The molecule has 0 aromatic heterocycles. The lowest BCUT2D eigenvalue weighted by Crippen LogP contribution is -2.28. The van der Waals surface area contributed by atoms with E-state index in [2.05, 4.69) is 10.2 Å². The lowest BCUT2D eigenvalue weighted by molar-refractivity contribution is 0.520. The molecule has 1 atom stereocenters. The van der Waals surface area contributed by atoms with Gasteiger partial charge in [0.05, 0.1) is 5.69 Å². The van der Waals surface area contributed by atoms with Crippen molar-refractivity contribution in [3.63, 3.8) is 0 Å². The maximum atomic E-state index is 12.4. The van der Waals surface area contributed by atoms with E-state index in [9.17, 15) is 8.42 Å². The molecule has 112 valence electrons. The van der Waals surface area contributed by atoms with Crippen LogP contribution in [0.25, 0.3) is 0 Å². The summed E-state index contributed by atoms with van der Waals surface area (Å²) in [6, 6.07) is 7.27. The van der Waals surface area contributed by atoms with Crippen LogP contribution in [0, 0.1) is 5.92 Å². The van der Waals surface area contributed by atoms with E-state index >= 15 is 0 Å². The SMILES string of the molecule is CNCC1CCN(c2ccccc2S(=O)(=O)N(C)C)C1. The average molecular weight is 297 g/mol. The molecule has 1 aliphatic rings. The highest BCUT2D eigenvalue weighted by molar-refractivity contribution is 7.89. The number of nitrogens with one attached hydrogen (secondary N) is 1. The first-order chi connectivity index (χ1) is 9.46. The number of anilines is 1. The molecule has 0 saturated carbocycles. The number of hydrogen-bond acceptors (Lipinski definition) is 4. The van der Waals surface area contributed by atoms with E-state index < -0.39 is 10.0 Å². The molecule has 0 spiro atoms. The van der Waals surface area contributed by atoms with Crippen molar-refractivity contribution < 1.29 is 8.42 Å². The van der Waals surface area contributed by atoms with E-state index in [-0.39, 0.29) is 0 Å². The standard InChI is InChI=1S/C14H23N3O2S/c1-15-10-12-8-9-17(11-12)13-6-4-5-7-14(13)20(18,19)16(2)3/h4-7,12,15H,8-11H2,1-3H3. The summed E-state index contributed by atoms with van der Waals surface area (Å²) in [7, 11) is 1.69. The summed E-state index contributed by atoms with van der Waals surface area (Å²) in [5.74, 6) is 0.579. The largest absolute Gasteiger partial charge is 0.370 e. The zero-order valence-corrected chi connectivity index (χ0v) is 13.2. The zero-order valence-electron chi connectivity index (χ0n) is 12.3. The van der Waals surface area contributed by atoms with Gasteiger partial charge in [0.25, 0.3) is 0 Å². The van der Waals surface area contributed by atoms with Crippen LogP contribution in [0.5, 0.6) is 0 Å². The Hall–Kier alpha value is -1.11. The Labute approximate surface area is 121 Å². The fourth-order valence-corrected chi connectivity index (χ4v) is 3.75. The first-order valence-corrected chi connectivity index (χ1v) is 8.32. The van der Waals surface area contributed by atoms with Gasteiger partial charge in [-0.05, 0) is 38.1 Å². The van der Waals surface area contributed by atoms with E-state index in [0.717, 1.165) is 31.7 Å². The number of para-hydroxylation sites is 1. The maximum Gasteiger partial charge on any atom is 0.244 e. The van der Waals surface area contributed by atoms with Gasteiger partial charge in [0.15, 0.2) is 0 Å². The normalized spacial score (nSPS) is 19.8. The van der Waals surface area contributed by atoms with E-state index in [0.29, 0.717) is 10.8 Å². The van der Waals surface area contributed by atoms with Crippen LogP contribution in [0.4, 0.5) is 5.69 Å². The van der Waals surface area contributed by atoms with Crippen LogP contribution < -0.4 is 10.2 Å². The Balaban J connectivity index is 2.30. The molecule has 6 heteroatoms. The van der Waals surface area contributed by atoms with Gasteiger partial charge in [-0.2, -0.15) is 0 Å². The fraction of sp³-hybridized carbons (Fsp3) is 0.571. The van der Waals surface area contributed by atoms with Crippen molar-refractivity contribution >= 4 is 15.7 Å². The first kappa shape index (κ1) is 15.3. The van der Waals surface area contributed by atoms with Gasteiger partial charge in [-0.15, -0.1) is 0 Å². The van der Waals surface area contributed by atoms with Crippen LogP contribution in [0.1, 0.15) is 6.42 Å². The molecular formula is C14H23N3O2S. The summed E-state index contributed by atoms with van der Waals surface area (Å²) < 4.78 is 26.1. The molecule has 1 saturated heterocycles. The molecular weight excluding hydrogens is 274 g/mol. The predicted octanol–water partition coefficient (Wildman–Crippen LogP) is 0.983. The Bertz CT molecular complexity index is 557. The minimum absolute atomic E-state index is 0.398. The second kappa shape index (κ2) is 6.11. The summed E-state index contributed by atoms with van der Waals surface area (Å²) in [6.45, 7) is 2.78. The lowest BCUT2D eigenvalue weighted by Gasteiger charge is -2.23. The first-order valence-electron chi connectivity index (χ1n) is 6.88. The Morgan fingerprint density at radius 3 is 2.70 bits per heavy atom. The zero-order chi connectivity index (χ0) is 14.8. The molecule has 2 rings (SSSR count). The summed E-state index contributed by atoms with van der Waals surface area (Å²) in [5.41, 5.74) is 0.819. The Morgan fingerprint density at radius 2 is 2.05 bits per heavy atom. The molecule has 1 aliphatic heterocycles. The Morgan fingerprint density at radius 1 is 1.35 bits per heavy atom. The molecule has 1 heterocycles. The second-order valence-electron chi connectivity index (χ2n) is 5.41. The van der Waals surface area contributed by atoms with Gasteiger partial charge in [0.1, 0.15) is 4.90 Å². The number of sulfonamides is 1. The second-order valence-corrected chi connectivity index (χ2v) is 7.53. The summed E-state index contributed by atoms with van der Waals surface area (Å²) in [6.07, 6.45) is 1.09. The average Bonchev–Trinajstić information content (AvgIpc) is 2.87. The lowest BCUT2D eigenvalue weighted by atomic mass is 10.1. The van der Waals surface area contributed by atoms with Gasteiger partial charge >= 0.3 is 0 Å². The third-order valence-electron chi connectivity index (χ3n) is 3.74. The van der Waals surface area contributed by atoms with Gasteiger partial charge in [-0.3, -0.25) is 0 Å². The molecule has 0 aliphatic carbocycles. The number of nitrogens with zero attached hydrogens (tertiary/aromatic N) is 2. The summed E-state index contributed by atoms with van der Waals surface area (Å²) >= 11 is 0. The number of hydrogen-bond donors (Lipinski definition) is 1. The third kappa shape index (κ3) is 2.97. The molecule has 5 nitrogen and oxygen atoms in total. The minimum Gasteiger partial charge on any atom is -0.370 e. The maximum absolute atomic E-state index is 12.4. The summed E-state index contributed by atoms with van der Waals surface area (Å²) in [5, 5.41) is 3.19. The van der Waals surface area contributed by atoms with Crippen LogP contribution in [0.15, 0.2) is 29.2 Å². The van der Waals surface area contributed by atoms with Gasteiger partial charge < -0.3 is 10.2 Å². The molecule has 1 N–H and O–H groups in total. The van der Waals surface area contributed by atoms with Crippen molar-refractivity contribution in [2.45, 2.75) is 11.3 Å². The molecule has 0 amide bonds. The van der Waals surface area contributed by atoms with E-state index in [1.807, 2.05) is 19.2 Å². The highest BCUT2D eigenvalue weighted by Crippen LogP contribution is 2.30. The highest BCUT2D eigenvalue weighted by Gasteiger charge is 2.28. The van der Waals surface area contributed by atoms with E-state index in [4.69, 9.17) is 0 Å². The highest BCUT2D eigenvalue weighted by atomic mass is 32.2. The van der Waals surface area contributed by atoms with Crippen LogP contribution in [0.2, 0.25) is 0 Å². The van der Waals surface area contributed by atoms with Crippen LogP contribution in [-0.4, -0.2) is 53.5 Å². The molecule has 1 unspecified atom stereocenters. The van der Waals surface area contributed by atoms with Crippen molar-refractivity contribution in [2.24, 2.45) is 5.92 Å². The van der Waals surface area contributed by atoms with Gasteiger partial charge in [0.2, 0.25) is 10.0 Å². The topological polar surface area (TPSA) is 52.7 Å². The van der Waals surface area contributed by atoms with Gasteiger partial charge in [0, 0.05) is 27.2 Å². The van der Waals surface area contributed by atoms with Crippen LogP contribution >= 0.6 is 0 Å². The Kier molecular flexibility index (Phi) is 4.67. The third-order valence-corrected chi connectivity index (χ3v) is 5.61. The number of benzene rings is 1. The van der Waals surface area contributed by atoms with Crippen molar-refractivity contribution in [3.8, 4) is 0 Å². The molecule has 0 radical (unpaired) electrons. The van der Waals surface area contributed by atoms with Crippen LogP contribution in [-0.2, 0) is 10.0 Å². The van der Waals surface area contributed by atoms with Crippen molar-refractivity contribution in [1.82, 2.24) is 9.62 Å². The summed E-state index contributed by atoms with van der Waals surface area (Å²) in [4.78, 5) is 2.58. The quantitative estimate of drug-likeness (QED) is 0.880. The van der Waals surface area contributed by atoms with E-state index in [1.165, 1.54) is 4.31 Å². The monoisotopic (exact) mass is 297 g/mol. The fourth-order valence-electron chi connectivity index (χ4n) is 2.64. The van der Waals surface area contributed by atoms with Crippen molar-refractivity contribution in [3.05, 3.63) is 24.3 Å². The predicted molar refractivity (Wildman–Crippen MR) is 81.6 cm³/mol. The molecule has 1 aromatic carbocycles. The van der Waals surface area contributed by atoms with E-state index in [1.54, 1.807) is 26.2 Å². The molecule has 1 aromatic rings. The van der Waals surface area contributed by atoms with Crippen molar-refractivity contribution in [1.29, 1.82) is 0 Å². The van der Waals surface area contributed by atoms with Crippen molar-refractivity contribution in [2.75, 3.05) is 45.7 Å². The van der Waals surface area contributed by atoms with Gasteiger partial charge in [-0.25, -0.2) is 12.7 Å². The molecule has 0 bridgehead atoms. The number of rotatable bonds is 5. The van der Waals surface area contributed by atoms with Gasteiger partial charge in [-0.1, -0.05) is 12.1 Å². The van der Waals surface area contributed by atoms with Crippen LogP contribution in [0.3, 0.4) is 0 Å². The molecule has 20 heavy (non-hydrogen) atoms. The minimum atomic E-state index is -3.40. The smallest absolute Gasteiger partial charge is 0.244 e. The molecule has 1 fully saturated rings.